The summed E-state index contributed by atoms with van der Waals surface area (Å²) in [5, 5.41) is 16.0. The van der Waals surface area contributed by atoms with Gasteiger partial charge in [0.15, 0.2) is 10.8 Å². The molecule has 0 saturated heterocycles. The monoisotopic (exact) mass is 410 g/mol. The molecule has 3 aromatic rings. The van der Waals surface area contributed by atoms with Gasteiger partial charge in [0.25, 0.3) is 5.91 Å². The Kier molecular flexibility index (Phi) is 5.50. The summed E-state index contributed by atoms with van der Waals surface area (Å²) in [7, 11) is 0. The number of hydrogen-bond acceptors (Lipinski definition) is 6. The molecule has 0 unspecified atom stereocenters. The summed E-state index contributed by atoms with van der Waals surface area (Å²) >= 11 is 13.1. The van der Waals surface area contributed by atoms with Crippen LogP contribution in [0.25, 0.3) is 0 Å². The molecule has 0 fully saturated rings. The predicted molar refractivity (Wildman–Crippen MR) is 99.9 cm³/mol. The molecule has 134 valence electrons. The van der Waals surface area contributed by atoms with Crippen LogP contribution in [-0.2, 0) is 11.3 Å². The average molecular weight is 411 g/mol. The molecule has 2 amide bonds. The molecule has 0 radical (unpaired) electrons. The second-order valence-electron chi connectivity index (χ2n) is 5.18. The van der Waals surface area contributed by atoms with E-state index in [-0.39, 0.29) is 18.1 Å². The van der Waals surface area contributed by atoms with Gasteiger partial charge in [0.1, 0.15) is 6.54 Å². The van der Waals surface area contributed by atoms with Crippen LogP contribution >= 0.6 is 34.5 Å². The van der Waals surface area contributed by atoms with Crippen LogP contribution in [0.2, 0.25) is 10.0 Å². The lowest BCUT2D eigenvalue weighted by molar-refractivity contribution is -0.117. The summed E-state index contributed by atoms with van der Waals surface area (Å²) in [4.78, 5) is 28.4. The molecule has 0 aliphatic heterocycles. The van der Waals surface area contributed by atoms with Crippen molar-refractivity contribution >= 4 is 57.2 Å². The van der Waals surface area contributed by atoms with E-state index in [9.17, 15) is 9.59 Å². The number of aromatic nitrogens is 4. The molecule has 0 bridgehead atoms. The van der Waals surface area contributed by atoms with E-state index in [2.05, 4.69) is 25.9 Å². The van der Waals surface area contributed by atoms with Crippen molar-refractivity contribution in [2.75, 3.05) is 10.6 Å². The summed E-state index contributed by atoms with van der Waals surface area (Å²) in [6.07, 6.45) is 1.59. The van der Waals surface area contributed by atoms with Gasteiger partial charge in [-0.05, 0) is 25.1 Å². The third-order valence-corrected chi connectivity index (χ3v) is 4.42. The number of halogens is 2. The van der Waals surface area contributed by atoms with Gasteiger partial charge in [0.2, 0.25) is 5.91 Å². The van der Waals surface area contributed by atoms with E-state index < -0.39 is 5.91 Å². The maximum atomic E-state index is 12.4. The topological polar surface area (TPSA) is 102 Å². The van der Waals surface area contributed by atoms with Gasteiger partial charge >= 0.3 is 0 Å². The fourth-order valence-corrected chi connectivity index (χ4v) is 3.19. The fourth-order valence-electron chi connectivity index (χ4n) is 2.12. The number of amides is 2. The zero-order valence-electron chi connectivity index (χ0n) is 13.4. The number of carbonyl (C=O) groups excluding carboxylic acids is 2. The molecule has 26 heavy (non-hydrogen) atoms. The van der Waals surface area contributed by atoms with Crippen molar-refractivity contribution < 1.29 is 9.59 Å². The van der Waals surface area contributed by atoms with Crippen LogP contribution < -0.4 is 10.6 Å². The molecule has 1 aromatic carbocycles. The van der Waals surface area contributed by atoms with E-state index in [0.717, 1.165) is 0 Å². The van der Waals surface area contributed by atoms with Gasteiger partial charge in [-0.25, -0.2) is 9.67 Å². The van der Waals surface area contributed by atoms with Gasteiger partial charge in [0.05, 0.1) is 5.69 Å². The van der Waals surface area contributed by atoms with Crippen LogP contribution in [0, 0.1) is 6.92 Å². The maximum absolute atomic E-state index is 12.4. The van der Waals surface area contributed by atoms with Crippen molar-refractivity contribution in [1.82, 2.24) is 20.0 Å². The summed E-state index contributed by atoms with van der Waals surface area (Å²) in [6.45, 7) is 1.56. The molecule has 0 aliphatic rings. The van der Waals surface area contributed by atoms with Crippen LogP contribution in [0.4, 0.5) is 10.8 Å². The molecular formula is C15H12Cl2N6O2S. The molecule has 2 aromatic heterocycles. The number of nitrogens with zero attached hydrogens (tertiary/aromatic N) is 4. The molecule has 3 rings (SSSR count). The molecule has 11 heteroatoms. The molecule has 0 aliphatic carbocycles. The first-order valence-corrected chi connectivity index (χ1v) is 8.93. The maximum Gasteiger partial charge on any atom is 0.278 e. The summed E-state index contributed by atoms with van der Waals surface area (Å²) in [6, 6.07) is 4.68. The van der Waals surface area contributed by atoms with E-state index in [1.54, 1.807) is 36.7 Å². The lowest BCUT2D eigenvalue weighted by Gasteiger charge is -2.06. The largest absolute Gasteiger partial charge is 0.320 e. The first kappa shape index (κ1) is 18.3. The zero-order chi connectivity index (χ0) is 18.7. The smallest absolute Gasteiger partial charge is 0.278 e. The highest BCUT2D eigenvalue weighted by molar-refractivity contribution is 7.13. The molecule has 0 spiro atoms. The molecular weight excluding hydrogens is 399 g/mol. The van der Waals surface area contributed by atoms with Gasteiger partial charge in [-0.2, -0.15) is 0 Å². The lowest BCUT2D eigenvalue weighted by atomic mass is 10.3. The Morgan fingerprint density at radius 1 is 1.19 bits per heavy atom. The van der Waals surface area contributed by atoms with Gasteiger partial charge in [-0.3, -0.25) is 9.59 Å². The Hall–Kier alpha value is -2.49. The molecule has 2 heterocycles. The van der Waals surface area contributed by atoms with Gasteiger partial charge in [-0.15, -0.1) is 16.4 Å². The number of nitrogens with one attached hydrogen (secondary N) is 2. The van der Waals surface area contributed by atoms with E-state index >= 15 is 0 Å². The van der Waals surface area contributed by atoms with E-state index in [1.165, 1.54) is 16.0 Å². The van der Waals surface area contributed by atoms with Crippen LogP contribution in [0.15, 0.2) is 29.8 Å². The average Bonchev–Trinajstić information content (AvgIpc) is 3.17. The minimum absolute atomic E-state index is 0.0886. The highest BCUT2D eigenvalue weighted by Crippen LogP contribution is 2.23. The van der Waals surface area contributed by atoms with Crippen molar-refractivity contribution in [2.45, 2.75) is 13.5 Å². The SMILES string of the molecule is Cc1c(C(=O)Nc2cc(Cl)cc(Cl)c2)nnn1CC(=O)Nc1nccs1. The molecule has 0 atom stereocenters. The molecule has 0 saturated carbocycles. The van der Waals surface area contributed by atoms with E-state index in [0.29, 0.717) is 26.6 Å². The Balaban J connectivity index is 1.69. The number of benzene rings is 1. The van der Waals surface area contributed by atoms with Crippen molar-refractivity contribution in [3.8, 4) is 0 Å². The number of carbonyl (C=O) groups is 2. The van der Waals surface area contributed by atoms with Crippen LogP contribution in [-0.4, -0.2) is 31.8 Å². The van der Waals surface area contributed by atoms with Crippen LogP contribution in [0.5, 0.6) is 0 Å². The Morgan fingerprint density at radius 3 is 2.58 bits per heavy atom. The van der Waals surface area contributed by atoms with Gasteiger partial charge < -0.3 is 10.6 Å². The third kappa shape index (κ3) is 4.37. The number of rotatable bonds is 5. The number of anilines is 2. The summed E-state index contributed by atoms with van der Waals surface area (Å²) < 4.78 is 1.34. The standard InChI is InChI=1S/C15H12Cl2N6O2S/c1-8-13(14(25)19-11-5-9(16)4-10(17)6-11)21-22-23(8)7-12(24)20-15-18-2-3-26-15/h2-6H,7H2,1H3,(H,19,25)(H,18,20,24). The minimum Gasteiger partial charge on any atom is -0.320 e. The van der Waals surface area contributed by atoms with Crippen molar-refractivity contribution in [3.05, 3.63) is 51.2 Å². The highest BCUT2D eigenvalue weighted by atomic mass is 35.5. The Morgan fingerprint density at radius 2 is 1.92 bits per heavy atom. The fraction of sp³-hybridized carbons (Fsp3) is 0.133. The summed E-state index contributed by atoms with van der Waals surface area (Å²) in [5.74, 6) is -0.797. The summed E-state index contributed by atoms with van der Waals surface area (Å²) in [5.41, 5.74) is 0.982. The van der Waals surface area contributed by atoms with Crippen molar-refractivity contribution in [1.29, 1.82) is 0 Å². The Labute approximate surface area is 162 Å². The van der Waals surface area contributed by atoms with Gasteiger partial charge in [-0.1, -0.05) is 28.4 Å². The van der Waals surface area contributed by atoms with Crippen LogP contribution in [0.3, 0.4) is 0 Å². The quantitative estimate of drug-likeness (QED) is 0.671. The van der Waals surface area contributed by atoms with Crippen molar-refractivity contribution in [3.63, 3.8) is 0 Å². The minimum atomic E-state index is -0.479. The second-order valence-corrected chi connectivity index (χ2v) is 6.95. The Bertz CT molecular complexity index is 937. The second kappa shape index (κ2) is 7.81. The van der Waals surface area contributed by atoms with Crippen molar-refractivity contribution in [2.24, 2.45) is 0 Å². The van der Waals surface area contributed by atoms with E-state index in [4.69, 9.17) is 23.2 Å². The van der Waals surface area contributed by atoms with E-state index in [1.807, 2.05) is 0 Å². The molecule has 8 nitrogen and oxygen atoms in total. The van der Waals surface area contributed by atoms with Gasteiger partial charge in [0, 0.05) is 27.3 Å². The first-order valence-electron chi connectivity index (χ1n) is 7.29. The number of thiazole rings is 1. The highest BCUT2D eigenvalue weighted by Gasteiger charge is 2.18. The molecule has 2 N–H and O–H groups in total. The zero-order valence-corrected chi connectivity index (χ0v) is 15.7. The lowest BCUT2D eigenvalue weighted by Crippen LogP contribution is -2.20. The number of hydrogen-bond donors (Lipinski definition) is 2. The first-order chi connectivity index (χ1) is 12.4. The predicted octanol–water partition coefficient (Wildman–Crippen LogP) is 3.24. The van der Waals surface area contributed by atoms with Crippen LogP contribution in [0.1, 0.15) is 16.2 Å². The third-order valence-electron chi connectivity index (χ3n) is 3.29. The normalized spacial score (nSPS) is 10.6.